The molecule has 110 valence electrons. The summed E-state index contributed by atoms with van der Waals surface area (Å²) in [4.78, 5) is 4.47. The molecular formula is C21H21N. The molecule has 0 saturated carbocycles. The van der Waals surface area contributed by atoms with Crippen molar-refractivity contribution in [2.24, 2.45) is 0 Å². The molecule has 22 heavy (non-hydrogen) atoms. The molecule has 0 unspecified atom stereocenters. The van der Waals surface area contributed by atoms with Gasteiger partial charge >= 0.3 is 0 Å². The lowest BCUT2D eigenvalue weighted by Gasteiger charge is -2.23. The summed E-state index contributed by atoms with van der Waals surface area (Å²) in [5.74, 6) is 0. The minimum absolute atomic E-state index is 0.0310. The first-order chi connectivity index (χ1) is 10.6. The van der Waals surface area contributed by atoms with Crippen molar-refractivity contribution in [1.82, 2.24) is 4.98 Å². The van der Waals surface area contributed by atoms with E-state index in [-0.39, 0.29) is 5.41 Å². The highest BCUT2D eigenvalue weighted by atomic mass is 14.7. The van der Waals surface area contributed by atoms with E-state index in [1.807, 2.05) is 24.4 Å². The van der Waals surface area contributed by atoms with Crippen molar-refractivity contribution in [3.05, 3.63) is 84.1 Å². The van der Waals surface area contributed by atoms with Gasteiger partial charge in [-0.05, 0) is 47.4 Å². The third-order valence-electron chi connectivity index (χ3n) is 4.44. The summed E-state index contributed by atoms with van der Waals surface area (Å²) in [7, 11) is 0. The van der Waals surface area contributed by atoms with E-state index in [1.165, 1.54) is 22.3 Å². The smallest absolute Gasteiger partial charge is 0.0702 e. The van der Waals surface area contributed by atoms with Crippen LogP contribution in [0, 0.1) is 0 Å². The molecule has 0 bridgehead atoms. The molecule has 0 radical (unpaired) electrons. The van der Waals surface area contributed by atoms with E-state index >= 15 is 0 Å². The first kappa shape index (κ1) is 14.5. The van der Waals surface area contributed by atoms with Gasteiger partial charge < -0.3 is 0 Å². The summed E-state index contributed by atoms with van der Waals surface area (Å²) < 4.78 is 0. The Balaban J connectivity index is 2.20. The SMILES string of the molecule is C=CC1=C(/C=C\C)c2ccc(-c3ccccn3)cc2C1(C)C. The molecule has 1 nitrogen and oxygen atoms in total. The summed E-state index contributed by atoms with van der Waals surface area (Å²) in [5.41, 5.74) is 7.37. The van der Waals surface area contributed by atoms with Crippen LogP contribution in [-0.4, -0.2) is 4.98 Å². The van der Waals surface area contributed by atoms with Gasteiger partial charge in [0, 0.05) is 17.2 Å². The van der Waals surface area contributed by atoms with Gasteiger partial charge in [-0.15, -0.1) is 0 Å². The highest BCUT2D eigenvalue weighted by molar-refractivity contribution is 5.88. The number of rotatable bonds is 3. The fourth-order valence-electron chi connectivity index (χ4n) is 3.33. The van der Waals surface area contributed by atoms with Crippen LogP contribution < -0.4 is 0 Å². The molecule has 0 saturated heterocycles. The van der Waals surface area contributed by atoms with Gasteiger partial charge in [0.15, 0.2) is 0 Å². The quantitative estimate of drug-likeness (QED) is 0.720. The van der Waals surface area contributed by atoms with Crippen molar-refractivity contribution in [3.63, 3.8) is 0 Å². The van der Waals surface area contributed by atoms with Crippen molar-refractivity contribution < 1.29 is 0 Å². The Morgan fingerprint density at radius 3 is 2.59 bits per heavy atom. The van der Waals surface area contributed by atoms with E-state index in [0.29, 0.717) is 0 Å². The van der Waals surface area contributed by atoms with Gasteiger partial charge in [-0.2, -0.15) is 0 Å². The lowest BCUT2D eigenvalue weighted by Crippen LogP contribution is -2.16. The predicted molar refractivity (Wildman–Crippen MR) is 94.6 cm³/mol. The van der Waals surface area contributed by atoms with Gasteiger partial charge in [0.25, 0.3) is 0 Å². The second-order valence-corrected chi connectivity index (χ2v) is 6.13. The van der Waals surface area contributed by atoms with Crippen LogP contribution in [-0.2, 0) is 5.41 Å². The molecule has 0 atom stereocenters. The summed E-state index contributed by atoms with van der Waals surface area (Å²) in [6.45, 7) is 10.6. The van der Waals surface area contributed by atoms with Crippen molar-refractivity contribution in [2.75, 3.05) is 0 Å². The van der Waals surface area contributed by atoms with Gasteiger partial charge in [-0.3, -0.25) is 4.98 Å². The van der Waals surface area contributed by atoms with Gasteiger partial charge in [0.05, 0.1) is 5.69 Å². The van der Waals surface area contributed by atoms with E-state index in [2.05, 4.69) is 68.8 Å². The summed E-state index contributed by atoms with van der Waals surface area (Å²) >= 11 is 0. The van der Waals surface area contributed by atoms with Crippen LogP contribution in [0.15, 0.2) is 73.0 Å². The highest BCUT2D eigenvalue weighted by Crippen LogP contribution is 2.48. The van der Waals surface area contributed by atoms with E-state index < -0.39 is 0 Å². The third-order valence-corrected chi connectivity index (χ3v) is 4.44. The Labute approximate surface area is 132 Å². The molecule has 0 aliphatic heterocycles. The van der Waals surface area contributed by atoms with Crippen LogP contribution in [0.3, 0.4) is 0 Å². The first-order valence-electron chi connectivity index (χ1n) is 7.65. The summed E-state index contributed by atoms with van der Waals surface area (Å²) in [5, 5.41) is 0. The summed E-state index contributed by atoms with van der Waals surface area (Å²) in [6.07, 6.45) is 8.11. The first-order valence-corrected chi connectivity index (χ1v) is 7.65. The molecule has 1 aromatic carbocycles. The zero-order valence-electron chi connectivity index (χ0n) is 13.4. The monoisotopic (exact) mass is 287 g/mol. The zero-order valence-corrected chi connectivity index (χ0v) is 13.4. The number of benzene rings is 1. The van der Waals surface area contributed by atoms with E-state index in [0.717, 1.165) is 11.3 Å². The Morgan fingerprint density at radius 1 is 1.14 bits per heavy atom. The van der Waals surface area contributed by atoms with Gasteiger partial charge in [-0.25, -0.2) is 0 Å². The molecule has 3 rings (SSSR count). The number of nitrogens with zero attached hydrogens (tertiary/aromatic N) is 1. The Hall–Kier alpha value is -2.41. The van der Waals surface area contributed by atoms with Crippen LogP contribution in [0.4, 0.5) is 0 Å². The molecule has 2 aromatic rings. The number of fused-ring (bicyclic) bond motifs is 1. The van der Waals surface area contributed by atoms with Crippen LogP contribution in [0.2, 0.25) is 0 Å². The van der Waals surface area contributed by atoms with Crippen molar-refractivity contribution in [3.8, 4) is 11.3 Å². The maximum atomic E-state index is 4.47. The molecule has 0 amide bonds. The minimum Gasteiger partial charge on any atom is -0.256 e. The van der Waals surface area contributed by atoms with Gasteiger partial charge in [0.1, 0.15) is 0 Å². The zero-order chi connectivity index (χ0) is 15.7. The maximum absolute atomic E-state index is 4.47. The largest absolute Gasteiger partial charge is 0.256 e. The number of allylic oxidation sites excluding steroid dienone is 5. The Morgan fingerprint density at radius 2 is 1.95 bits per heavy atom. The molecule has 0 fully saturated rings. The average Bonchev–Trinajstić information content (AvgIpc) is 2.75. The Kier molecular flexibility index (Phi) is 3.58. The number of aromatic nitrogens is 1. The second-order valence-electron chi connectivity index (χ2n) is 6.13. The number of hydrogen-bond donors (Lipinski definition) is 0. The van der Waals surface area contributed by atoms with E-state index in [9.17, 15) is 0 Å². The number of hydrogen-bond acceptors (Lipinski definition) is 1. The van der Waals surface area contributed by atoms with E-state index in [1.54, 1.807) is 0 Å². The lowest BCUT2D eigenvalue weighted by molar-refractivity contribution is 0.655. The third kappa shape index (κ3) is 2.14. The number of pyridine rings is 1. The normalized spacial score (nSPS) is 16.1. The molecule has 0 spiro atoms. The standard InChI is InChI=1S/C21H21N/c1-5-9-16-17-12-11-15(20-10-7-8-13-22-20)14-19(17)21(3,4)18(16)6-2/h5-14H,2H2,1,3-4H3/b9-5-. The molecular weight excluding hydrogens is 266 g/mol. The van der Waals surface area contributed by atoms with Gasteiger partial charge in [-0.1, -0.05) is 56.9 Å². The van der Waals surface area contributed by atoms with Crippen LogP contribution in [0.25, 0.3) is 16.8 Å². The minimum atomic E-state index is -0.0310. The average molecular weight is 287 g/mol. The Bertz CT molecular complexity index is 777. The molecule has 0 N–H and O–H groups in total. The van der Waals surface area contributed by atoms with Crippen LogP contribution in [0.1, 0.15) is 31.9 Å². The molecule has 1 heterocycles. The van der Waals surface area contributed by atoms with Crippen molar-refractivity contribution >= 4 is 5.57 Å². The molecule has 1 aliphatic carbocycles. The summed E-state index contributed by atoms with van der Waals surface area (Å²) in [6, 6.07) is 12.7. The fourth-order valence-corrected chi connectivity index (χ4v) is 3.33. The molecule has 1 heteroatoms. The van der Waals surface area contributed by atoms with Crippen molar-refractivity contribution in [1.29, 1.82) is 0 Å². The maximum Gasteiger partial charge on any atom is 0.0702 e. The van der Waals surface area contributed by atoms with Crippen LogP contribution >= 0.6 is 0 Å². The fraction of sp³-hybridized carbons (Fsp3) is 0.190. The molecule has 1 aromatic heterocycles. The highest BCUT2D eigenvalue weighted by Gasteiger charge is 2.35. The lowest BCUT2D eigenvalue weighted by atomic mass is 9.80. The predicted octanol–water partition coefficient (Wildman–Crippen LogP) is 5.56. The molecule has 1 aliphatic rings. The van der Waals surface area contributed by atoms with E-state index in [4.69, 9.17) is 0 Å². The second kappa shape index (κ2) is 5.42. The van der Waals surface area contributed by atoms with Crippen molar-refractivity contribution in [2.45, 2.75) is 26.2 Å². The topological polar surface area (TPSA) is 12.9 Å². The van der Waals surface area contributed by atoms with Crippen LogP contribution in [0.5, 0.6) is 0 Å². The van der Waals surface area contributed by atoms with Gasteiger partial charge in [0.2, 0.25) is 0 Å².